The lowest BCUT2D eigenvalue weighted by molar-refractivity contribution is 0.186. The smallest absolute Gasteiger partial charge is 0.205 e. The van der Waals surface area contributed by atoms with Gasteiger partial charge in [0.1, 0.15) is 5.82 Å². The lowest BCUT2D eigenvalue weighted by Gasteiger charge is -2.36. The number of aliphatic imine (C=N–C) groups is 1. The number of aliphatic hydroxyl groups excluding tert-OH is 1. The van der Waals surface area contributed by atoms with E-state index in [1.807, 2.05) is 31.2 Å². The molecule has 0 amide bonds. The molecule has 1 fully saturated rings. The molecule has 29 heavy (non-hydrogen) atoms. The van der Waals surface area contributed by atoms with Crippen LogP contribution in [-0.2, 0) is 6.42 Å². The van der Waals surface area contributed by atoms with Crippen LogP contribution in [0.4, 0.5) is 5.13 Å². The molecule has 9 heteroatoms. The Balaban J connectivity index is 0.00000300. The fraction of sp³-hybridized carbons (Fsp3) is 0.550. The zero-order valence-electron chi connectivity index (χ0n) is 17.3. The van der Waals surface area contributed by atoms with Crippen LogP contribution < -0.4 is 10.2 Å². The van der Waals surface area contributed by atoms with Crippen molar-refractivity contribution < 1.29 is 5.11 Å². The fourth-order valence-electron chi connectivity index (χ4n) is 3.12. The monoisotopic (exact) mass is 530 g/mol. The van der Waals surface area contributed by atoms with Crippen molar-refractivity contribution >= 4 is 46.6 Å². The van der Waals surface area contributed by atoms with Crippen LogP contribution in [0.15, 0.2) is 29.3 Å². The molecule has 1 saturated heterocycles. The summed E-state index contributed by atoms with van der Waals surface area (Å²) in [6.07, 6.45) is 0.279. The number of guanidine groups is 1. The molecule has 1 unspecified atom stereocenters. The number of piperazine rings is 1. The minimum Gasteiger partial charge on any atom is -0.386 e. The quantitative estimate of drug-likeness (QED) is 0.340. The van der Waals surface area contributed by atoms with Gasteiger partial charge in [0.25, 0.3) is 0 Å². The second kappa shape index (κ2) is 11.7. The molecule has 2 aromatic rings. The molecule has 1 aromatic heterocycles. The van der Waals surface area contributed by atoms with Gasteiger partial charge in [-0.15, -0.1) is 24.0 Å². The van der Waals surface area contributed by atoms with E-state index in [9.17, 15) is 5.11 Å². The topological polar surface area (TPSA) is 76.9 Å². The lowest BCUT2D eigenvalue weighted by Crippen LogP contribution is -2.52. The van der Waals surface area contributed by atoms with Crippen LogP contribution >= 0.6 is 35.5 Å². The zero-order valence-corrected chi connectivity index (χ0v) is 20.5. The summed E-state index contributed by atoms with van der Waals surface area (Å²) in [7, 11) is 0. The predicted octanol–water partition coefficient (Wildman–Crippen LogP) is 2.85. The number of nitrogens with zero attached hydrogens (tertiary/aromatic N) is 5. The van der Waals surface area contributed by atoms with Crippen molar-refractivity contribution in [1.82, 2.24) is 19.6 Å². The molecule has 1 atom stereocenters. The Morgan fingerprint density at radius 2 is 1.90 bits per heavy atom. The van der Waals surface area contributed by atoms with E-state index in [1.165, 1.54) is 17.1 Å². The van der Waals surface area contributed by atoms with Crippen LogP contribution in [0.1, 0.15) is 36.9 Å². The molecule has 0 spiro atoms. The summed E-state index contributed by atoms with van der Waals surface area (Å²) >= 11 is 1.48. The third-order valence-electron chi connectivity index (χ3n) is 4.83. The van der Waals surface area contributed by atoms with Gasteiger partial charge in [0.15, 0.2) is 5.96 Å². The Hall–Kier alpha value is -1.46. The molecule has 0 saturated carbocycles. The summed E-state index contributed by atoms with van der Waals surface area (Å²) in [6.45, 7) is 10.9. The molecule has 160 valence electrons. The number of hydrogen-bond donors (Lipinski definition) is 2. The maximum atomic E-state index is 10.5. The first-order valence-electron chi connectivity index (χ1n) is 9.96. The van der Waals surface area contributed by atoms with Gasteiger partial charge < -0.3 is 20.2 Å². The van der Waals surface area contributed by atoms with Gasteiger partial charge in [0, 0.05) is 50.7 Å². The molecule has 1 aliphatic rings. The van der Waals surface area contributed by atoms with Crippen LogP contribution in [-0.4, -0.2) is 64.6 Å². The first-order valence-corrected chi connectivity index (χ1v) is 10.7. The van der Waals surface area contributed by atoms with Crippen molar-refractivity contribution in [3.05, 3.63) is 41.2 Å². The van der Waals surface area contributed by atoms with Crippen LogP contribution in [0.25, 0.3) is 0 Å². The van der Waals surface area contributed by atoms with Gasteiger partial charge in [-0.3, -0.25) is 4.99 Å². The minimum atomic E-state index is -0.593. The summed E-state index contributed by atoms with van der Waals surface area (Å²) in [5.74, 6) is 1.78. The number of aliphatic hydroxyl groups is 1. The highest BCUT2D eigenvalue weighted by molar-refractivity contribution is 14.0. The van der Waals surface area contributed by atoms with E-state index in [0.29, 0.717) is 6.54 Å². The van der Waals surface area contributed by atoms with Crippen molar-refractivity contribution in [2.24, 2.45) is 4.99 Å². The highest BCUT2D eigenvalue weighted by Crippen LogP contribution is 2.19. The Kier molecular flexibility index (Phi) is 9.57. The molecule has 1 aromatic carbocycles. The molecule has 1 aliphatic heterocycles. The van der Waals surface area contributed by atoms with Crippen LogP contribution in [0, 0.1) is 6.92 Å². The van der Waals surface area contributed by atoms with Gasteiger partial charge >= 0.3 is 0 Å². The Labute approximate surface area is 194 Å². The van der Waals surface area contributed by atoms with E-state index in [1.54, 1.807) is 0 Å². The fourth-order valence-corrected chi connectivity index (χ4v) is 3.92. The van der Waals surface area contributed by atoms with Crippen molar-refractivity contribution in [1.29, 1.82) is 0 Å². The summed E-state index contributed by atoms with van der Waals surface area (Å²) in [5.41, 5.74) is 2.09. The minimum absolute atomic E-state index is 0. The molecule has 3 rings (SSSR count). The number of benzene rings is 1. The molecule has 7 nitrogen and oxygen atoms in total. The molecule has 0 radical (unpaired) electrons. The second-order valence-corrected chi connectivity index (χ2v) is 7.67. The largest absolute Gasteiger partial charge is 0.386 e. The summed E-state index contributed by atoms with van der Waals surface area (Å²) < 4.78 is 4.39. The number of hydrogen-bond acceptors (Lipinski definition) is 6. The molecule has 2 N–H and O–H groups in total. The number of rotatable bonds is 6. The van der Waals surface area contributed by atoms with Gasteiger partial charge in [-0.2, -0.15) is 4.37 Å². The molecule has 0 bridgehead atoms. The summed E-state index contributed by atoms with van der Waals surface area (Å²) in [5, 5.41) is 14.8. The van der Waals surface area contributed by atoms with Gasteiger partial charge in [0.05, 0.1) is 12.6 Å². The Morgan fingerprint density at radius 3 is 2.48 bits per heavy atom. The first kappa shape index (κ1) is 23.8. The maximum Gasteiger partial charge on any atom is 0.205 e. The Bertz CT molecular complexity index is 774. The highest BCUT2D eigenvalue weighted by atomic mass is 127. The van der Waals surface area contributed by atoms with Crippen LogP contribution in [0.3, 0.4) is 0 Å². The number of anilines is 1. The SMILES string of the molecule is CCNC(=NCC(O)c1ccc(C)cc1)N1CCN(c2nc(CC)ns2)CC1.I. The van der Waals surface area contributed by atoms with Gasteiger partial charge in [-0.1, -0.05) is 36.8 Å². The van der Waals surface area contributed by atoms with E-state index < -0.39 is 6.10 Å². The molecule has 0 aliphatic carbocycles. The average Bonchev–Trinajstić information content (AvgIpc) is 3.21. The normalized spacial score (nSPS) is 15.8. The summed E-state index contributed by atoms with van der Waals surface area (Å²) in [6, 6.07) is 7.97. The number of halogens is 1. The van der Waals surface area contributed by atoms with E-state index in [0.717, 1.165) is 61.6 Å². The number of aryl methyl sites for hydroxylation is 2. The van der Waals surface area contributed by atoms with Gasteiger partial charge in [-0.05, 0) is 19.4 Å². The highest BCUT2D eigenvalue weighted by Gasteiger charge is 2.22. The predicted molar refractivity (Wildman–Crippen MR) is 131 cm³/mol. The summed E-state index contributed by atoms with van der Waals surface area (Å²) in [4.78, 5) is 13.8. The standard InChI is InChI=1S/C20H30N6OS.HI/c1-4-18-23-20(28-24-18)26-12-10-25(11-13-26)19(21-5-2)22-14-17(27)16-8-6-15(3)7-9-16;/h6-9,17,27H,4-5,10-14H2,1-3H3,(H,21,22);1H. The van der Waals surface area contributed by atoms with Crippen molar-refractivity contribution in [3.63, 3.8) is 0 Å². The van der Waals surface area contributed by atoms with Crippen molar-refractivity contribution in [2.75, 3.05) is 44.2 Å². The number of nitrogens with one attached hydrogen (secondary N) is 1. The van der Waals surface area contributed by atoms with E-state index in [-0.39, 0.29) is 24.0 Å². The molecule has 2 heterocycles. The Morgan fingerprint density at radius 1 is 1.21 bits per heavy atom. The van der Waals surface area contributed by atoms with Crippen molar-refractivity contribution in [2.45, 2.75) is 33.3 Å². The third kappa shape index (κ3) is 6.51. The van der Waals surface area contributed by atoms with Crippen LogP contribution in [0.2, 0.25) is 0 Å². The maximum absolute atomic E-state index is 10.5. The molecular weight excluding hydrogens is 499 g/mol. The van der Waals surface area contributed by atoms with E-state index in [2.05, 4.69) is 43.3 Å². The van der Waals surface area contributed by atoms with Gasteiger partial charge in [0.2, 0.25) is 5.13 Å². The second-order valence-electron chi connectivity index (χ2n) is 6.94. The number of aromatic nitrogens is 2. The van der Waals surface area contributed by atoms with E-state index in [4.69, 9.17) is 0 Å². The average molecular weight is 530 g/mol. The lowest BCUT2D eigenvalue weighted by atomic mass is 10.1. The third-order valence-corrected chi connectivity index (χ3v) is 5.65. The van der Waals surface area contributed by atoms with Crippen molar-refractivity contribution in [3.8, 4) is 0 Å². The molecular formula is C20H31IN6OS. The zero-order chi connectivity index (χ0) is 19.9. The van der Waals surface area contributed by atoms with Gasteiger partial charge in [-0.25, -0.2) is 4.98 Å². The van der Waals surface area contributed by atoms with E-state index >= 15 is 0 Å². The first-order chi connectivity index (χ1) is 13.6. The van der Waals surface area contributed by atoms with Crippen LogP contribution in [0.5, 0.6) is 0 Å².